The number of ether oxygens (including phenoxy) is 1. The molecule has 2 atom stereocenters. The molecule has 0 bridgehead atoms. The first-order chi connectivity index (χ1) is 7.59. The summed E-state index contributed by atoms with van der Waals surface area (Å²) < 4.78 is 5.38. The number of carboxylic acid groups (broad SMARTS) is 1. The Balaban J connectivity index is 2.11. The molecule has 0 aromatic rings. The van der Waals surface area contributed by atoms with Gasteiger partial charge in [-0.15, -0.1) is 0 Å². The molecule has 1 fully saturated rings. The Morgan fingerprint density at radius 2 is 2.31 bits per heavy atom. The number of carbonyl (C=O) groups is 2. The van der Waals surface area contributed by atoms with E-state index in [0.717, 1.165) is 25.9 Å². The lowest BCUT2D eigenvalue weighted by atomic mass is 10.1. The van der Waals surface area contributed by atoms with Crippen LogP contribution in [0.4, 0.5) is 0 Å². The van der Waals surface area contributed by atoms with Crippen molar-refractivity contribution in [3.63, 3.8) is 0 Å². The van der Waals surface area contributed by atoms with Gasteiger partial charge in [0, 0.05) is 13.2 Å². The van der Waals surface area contributed by atoms with E-state index in [1.54, 1.807) is 0 Å². The largest absolute Gasteiger partial charge is 0.481 e. The van der Waals surface area contributed by atoms with E-state index in [2.05, 4.69) is 5.32 Å². The Hall–Kier alpha value is -1.14. The second-order valence-corrected chi connectivity index (χ2v) is 3.92. The van der Waals surface area contributed by atoms with Crippen molar-refractivity contribution in [1.82, 2.24) is 5.32 Å². The normalized spacial score (nSPS) is 21.7. The molecule has 1 heterocycles. The van der Waals surface area contributed by atoms with Gasteiger partial charge >= 0.3 is 5.97 Å². The van der Waals surface area contributed by atoms with Crippen LogP contribution in [0.2, 0.25) is 0 Å². The number of amides is 1. The summed E-state index contributed by atoms with van der Waals surface area (Å²) in [5, 5.41) is 11.1. The van der Waals surface area contributed by atoms with Crippen molar-refractivity contribution in [3.8, 4) is 0 Å². The molecule has 1 rings (SSSR count). The van der Waals surface area contributed by atoms with Crippen LogP contribution in [0.1, 0.15) is 25.7 Å². The summed E-state index contributed by atoms with van der Waals surface area (Å²) in [7, 11) is 0. The topological polar surface area (TPSA) is 102 Å². The molecule has 0 aromatic carbocycles. The SMILES string of the molecule is NC(CC(=O)O)C(=O)NCCC1CCCO1. The Bertz CT molecular complexity index is 251. The molecule has 1 aliphatic heterocycles. The van der Waals surface area contributed by atoms with E-state index >= 15 is 0 Å². The number of carboxylic acids is 1. The highest BCUT2D eigenvalue weighted by atomic mass is 16.5. The average molecular weight is 230 g/mol. The number of aliphatic carboxylic acids is 1. The zero-order chi connectivity index (χ0) is 12.0. The summed E-state index contributed by atoms with van der Waals surface area (Å²) in [6.07, 6.45) is 2.72. The van der Waals surface area contributed by atoms with Gasteiger partial charge in [-0.3, -0.25) is 9.59 Å². The van der Waals surface area contributed by atoms with Crippen molar-refractivity contribution in [2.24, 2.45) is 5.73 Å². The summed E-state index contributed by atoms with van der Waals surface area (Å²) in [6, 6.07) is -0.970. The number of hydrogen-bond acceptors (Lipinski definition) is 4. The molecule has 0 aromatic heterocycles. The first-order valence-electron chi connectivity index (χ1n) is 5.46. The fourth-order valence-electron chi connectivity index (χ4n) is 1.64. The van der Waals surface area contributed by atoms with Gasteiger partial charge in [0.2, 0.25) is 5.91 Å². The predicted molar refractivity (Wildman–Crippen MR) is 56.8 cm³/mol. The van der Waals surface area contributed by atoms with Crippen LogP contribution in [0.5, 0.6) is 0 Å². The molecule has 1 aliphatic rings. The minimum atomic E-state index is -1.07. The van der Waals surface area contributed by atoms with Crippen LogP contribution in [-0.4, -0.2) is 42.3 Å². The van der Waals surface area contributed by atoms with E-state index in [0.29, 0.717) is 6.54 Å². The van der Waals surface area contributed by atoms with Gasteiger partial charge in [0.25, 0.3) is 0 Å². The Labute approximate surface area is 94.1 Å². The van der Waals surface area contributed by atoms with Gasteiger partial charge in [-0.1, -0.05) is 0 Å². The average Bonchev–Trinajstić information content (AvgIpc) is 2.69. The molecule has 4 N–H and O–H groups in total. The lowest BCUT2D eigenvalue weighted by molar-refractivity contribution is -0.139. The molecular formula is C10H18N2O4. The number of nitrogens with one attached hydrogen (secondary N) is 1. The van der Waals surface area contributed by atoms with Crippen molar-refractivity contribution in [2.75, 3.05) is 13.2 Å². The third-order valence-electron chi connectivity index (χ3n) is 2.52. The lowest BCUT2D eigenvalue weighted by Gasteiger charge is -2.12. The van der Waals surface area contributed by atoms with Crippen molar-refractivity contribution < 1.29 is 19.4 Å². The Kier molecular flexibility index (Phi) is 5.21. The fraction of sp³-hybridized carbons (Fsp3) is 0.800. The van der Waals surface area contributed by atoms with E-state index in [1.165, 1.54) is 0 Å². The first kappa shape index (κ1) is 12.9. The second-order valence-electron chi connectivity index (χ2n) is 3.92. The quantitative estimate of drug-likeness (QED) is 0.569. The van der Waals surface area contributed by atoms with Crippen LogP contribution in [0.25, 0.3) is 0 Å². The minimum absolute atomic E-state index is 0.219. The van der Waals surface area contributed by atoms with E-state index in [1.807, 2.05) is 0 Å². The standard InChI is InChI=1S/C10H18N2O4/c11-8(6-9(13)14)10(15)12-4-3-7-2-1-5-16-7/h7-8H,1-6,11H2,(H,12,15)(H,13,14). The summed E-state index contributed by atoms with van der Waals surface area (Å²) in [6.45, 7) is 1.27. The van der Waals surface area contributed by atoms with E-state index in [9.17, 15) is 9.59 Å². The van der Waals surface area contributed by atoms with Crippen molar-refractivity contribution in [2.45, 2.75) is 37.8 Å². The molecule has 16 heavy (non-hydrogen) atoms. The molecule has 1 amide bonds. The van der Waals surface area contributed by atoms with Gasteiger partial charge in [-0.05, 0) is 19.3 Å². The zero-order valence-electron chi connectivity index (χ0n) is 9.15. The third-order valence-corrected chi connectivity index (χ3v) is 2.52. The van der Waals surface area contributed by atoms with E-state index in [4.69, 9.17) is 15.6 Å². The van der Waals surface area contributed by atoms with Crippen LogP contribution in [0, 0.1) is 0 Å². The van der Waals surface area contributed by atoms with Crippen LogP contribution in [0.3, 0.4) is 0 Å². The highest BCUT2D eigenvalue weighted by Crippen LogP contribution is 2.14. The van der Waals surface area contributed by atoms with Gasteiger partial charge in [0.15, 0.2) is 0 Å². The maximum absolute atomic E-state index is 11.3. The van der Waals surface area contributed by atoms with Crippen molar-refractivity contribution in [1.29, 1.82) is 0 Å². The van der Waals surface area contributed by atoms with Gasteiger partial charge in [-0.25, -0.2) is 0 Å². The van der Waals surface area contributed by atoms with Gasteiger partial charge in [0.05, 0.1) is 18.6 Å². The second kappa shape index (κ2) is 6.44. The summed E-state index contributed by atoms with van der Waals surface area (Å²) >= 11 is 0. The first-order valence-corrected chi connectivity index (χ1v) is 5.46. The molecule has 1 saturated heterocycles. The highest BCUT2D eigenvalue weighted by Gasteiger charge is 2.18. The minimum Gasteiger partial charge on any atom is -0.481 e. The summed E-state index contributed by atoms with van der Waals surface area (Å²) in [5.41, 5.74) is 5.39. The molecule has 6 heteroatoms. The van der Waals surface area contributed by atoms with E-state index < -0.39 is 17.9 Å². The van der Waals surface area contributed by atoms with Gasteiger partial charge in [0.1, 0.15) is 0 Å². The number of carbonyl (C=O) groups excluding carboxylic acids is 1. The molecule has 0 aliphatic carbocycles. The number of hydrogen-bond donors (Lipinski definition) is 3. The maximum Gasteiger partial charge on any atom is 0.305 e. The highest BCUT2D eigenvalue weighted by molar-refractivity contribution is 5.85. The zero-order valence-corrected chi connectivity index (χ0v) is 9.15. The number of rotatable bonds is 6. The molecule has 6 nitrogen and oxygen atoms in total. The summed E-state index contributed by atoms with van der Waals surface area (Å²) in [4.78, 5) is 21.6. The maximum atomic E-state index is 11.3. The molecule has 0 spiro atoms. The predicted octanol–water partition coefficient (Wildman–Crippen LogP) is -0.526. The molecule has 2 unspecified atom stereocenters. The van der Waals surface area contributed by atoms with Crippen LogP contribution < -0.4 is 11.1 Å². The number of nitrogens with two attached hydrogens (primary N) is 1. The monoisotopic (exact) mass is 230 g/mol. The smallest absolute Gasteiger partial charge is 0.305 e. The molecule has 0 radical (unpaired) electrons. The molecular weight excluding hydrogens is 212 g/mol. The Morgan fingerprint density at radius 3 is 2.88 bits per heavy atom. The van der Waals surface area contributed by atoms with Gasteiger partial charge < -0.3 is 20.9 Å². The van der Waals surface area contributed by atoms with Gasteiger partial charge in [-0.2, -0.15) is 0 Å². The lowest BCUT2D eigenvalue weighted by Crippen LogP contribution is -2.42. The van der Waals surface area contributed by atoms with Crippen LogP contribution >= 0.6 is 0 Å². The third kappa shape index (κ3) is 4.59. The fourth-order valence-corrected chi connectivity index (χ4v) is 1.64. The van der Waals surface area contributed by atoms with E-state index in [-0.39, 0.29) is 12.5 Å². The Morgan fingerprint density at radius 1 is 1.56 bits per heavy atom. The van der Waals surface area contributed by atoms with Crippen LogP contribution in [-0.2, 0) is 14.3 Å². The van der Waals surface area contributed by atoms with Crippen molar-refractivity contribution in [3.05, 3.63) is 0 Å². The molecule has 0 saturated carbocycles. The molecule has 92 valence electrons. The van der Waals surface area contributed by atoms with Crippen LogP contribution in [0.15, 0.2) is 0 Å². The van der Waals surface area contributed by atoms with Crippen molar-refractivity contribution >= 4 is 11.9 Å². The summed E-state index contributed by atoms with van der Waals surface area (Å²) in [5.74, 6) is -1.48.